The SMILES string of the molecule is CN1CCOc2c1cnnc2Nc1ccc2c(c1)ncn2COCC[Si](C)(C)C. The van der Waals surface area contributed by atoms with Crippen molar-refractivity contribution < 1.29 is 9.47 Å². The topological polar surface area (TPSA) is 77.3 Å². The number of nitrogens with one attached hydrogen (secondary N) is 1. The lowest BCUT2D eigenvalue weighted by Gasteiger charge is -2.27. The molecule has 0 aliphatic carbocycles. The highest BCUT2D eigenvalue weighted by molar-refractivity contribution is 6.76. The minimum Gasteiger partial charge on any atom is -0.486 e. The number of rotatable bonds is 7. The summed E-state index contributed by atoms with van der Waals surface area (Å²) < 4.78 is 13.7. The van der Waals surface area contributed by atoms with Crippen molar-refractivity contribution in [2.75, 3.05) is 37.0 Å². The Labute approximate surface area is 171 Å². The Kier molecular flexibility index (Phi) is 5.42. The summed E-state index contributed by atoms with van der Waals surface area (Å²) in [5.74, 6) is 1.35. The quantitative estimate of drug-likeness (QED) is 0.468. The van der Waals surface area contributed by atoms with Crippen LogP contribution in [0.3, 0.4) is 0 Å². The van der Waals surface area contributed by atoms with Crippen LogP contribution in [0, 0.1) is 0 Å². The van der Waals surface area contributed by atoms with Gasteiger partial charge in [0.25, 0.3) is 0 Å². The highest BCUT2D eigenvalue weighted by Gasteiger charge is 2.20. The van der Waals surface area contributed by atoms with Gasteiger partial charge in [0.1, 0.15) is 19.0 Å². The molecule has 0 saturated heterocycles. The number of benzene rings is 1. The van der Waals surface area contributed by atoms with Crippen molar-refractivity contribution >= 4 is 36.3 Å². The largest absolute Gasteiger partial charge is 0.486 e. The Balaban J connectivity index is 1.47. The van der Waals surface area contributed by atoms with Crippen LogP contribution < -0.4 is 15.0 Å². The maximum absolute atomic E-state index is 5.86. The first kappa shape index (κ1) is 19.7. The van der Waals surface area contributed by atoms with Crippen molar-refractivity contribution in [3.63, 3.8) is 0 Å². The Morgan fingerprint density at radius 2 is 2.14 bits per heavy atom. The molecule has 1 aromatic carbocycles. The van der Waals surface area contributed by atoms with Crippen molar-refractivity contribution in [1.29, 1.82) is 0 Å². The normalized spacial score (nSPS) is 14.0. The average Bonchev–Trinajstić information content (AvgIpc) is 3.08. The maximum Gasteiger partial charge on any atom is 0.197 e. The molecule has 8 nitrogen and oxygen atoms in total. The fourth-order valence-electron chi connectivity index (χ4n) is 3.19. The summed E-state index contributed by atoms with van der Waals surface area (Å²) in [6, 6.07) is 7.22. The van der Waals surface area contributed by atoms with Gasteiger partial charge in [0.05, 0.1) is 30.1 Å². The van der Waals surface area contributed by atoms with Crippen molar-refractivity contribution in [3.05, 3.63) is 30.7 Å². The fourth-order valence-corrected chi connectivity index (χ4v) is 3.95. The van der Waals surface area contributed by atoms with E-state index in [0.717, 1.165) is 47.4 Å². The molecule has 1 aliphatic heterocycles. The lowest BCUT2D eigenvalue weighted by Crippen LogP contribution is -2.29. The molecule has 0 saturated carbocycles. The third-order valence-corrected chi connectivity index (χ3v) is 6.68. The first-order valence-corrected chi connectivity index (χ1v) is 13.6. The number of anilines is 3. The predicted octanol–water partition coefficient (Wildman–Crippen LogP) is 3.71. The molecular weight excluding hydrogens is 384 g/mol. The Morgan fingerprint density at radius 3 is 2.97 bits per heavy atom. The van der Waals surface area contributed by atoms with E-state index >= 15 is 0 Å². The number of nitrogens with zero attached hydrogens (tertiary/aromatic N) is 5. The molecule has 0 spiro atoms. The van der Waals surface area contributed by atoms with Crippen LogP contribution in [0.5, 0.6) is 5.75 Å². The molecule has 0 radical (unpaired) electrons. The summed E-state index contributed by atoms with van der Waals surface area (Å²) in [7, 11) is 0.950. The lowest BCUT2D eigenvalue weighted by molar-refractivity contribution is 0.0898. The van der Waals surface area contributed by atoms with Gasteiger partial charge >= 0.3 is 0 Å². The fraction of sp³-hybridized carbons (Fsp3) is 0.450. The van der Waals surface area contributed by atoms with Crippen LogP contribution >= 0.6 is 0 Å². The second-order valence-corrected chi connectivity index (χ2v) is 14.2. The Bertz CT molecular complexity index is 1000. The van der Waals surface area contributed by atoms with Gasteiger partial charge in [-0.1, -0.05) is 19.6 Å². The third kappa shape index (κ3) is 4.51. The summed E-state index contributed by atoms with van der Waals surface area (Å²) in [5, 5.41) is 11.6. The van der Waals surface area contributed by atoms with Crippen LogP contribution in [0.1, 0.15) is 0 Å². The van der Waals surface area contributed by atoms with E-state index in [-0.39, 0.29) is 0 Å². The molecule has 3 heterocycles. The molecular formula is C20H28N6O2Si. The van der Waals surface area contributed by atoms with Crippen LogP contribution in [0.25, 0.3) is 11.0 Å². The molecule has 1 N–H and O–H groups in total. The summed E-state index contributed by atoms with van der Waals surface area (Å²) in [5.41, 5.74) is 3.77. The molecule has 4 rings (SSSR count). The summed E-state index contributed by atoms with van der Waals surface area (Å²) in [4.78, 5) is 6.64. The van der Waals surface area contributed by atoms with Gasteiger partial charge in [0.15, 0.2) is 11.6 Å². The van der Waals surface area contributed by atoms with Crippen molar-refractivity contribution in [1.82, 2.24) is 19.7 Å². The molecule has 3 aromatic rings. The second-order valence-electron chi connectivity index (χ2n) is 8.57. The van der Waals surface area contributed by atoms with Gasteiger partial charge in [0, 0.05) is 27.4 Å². The molecule has 0 unspecified atom stereocenters. The van der Waals surface area contributed by atoms with Crippen LogP contribution in [0.4, 0.5) is 17.2 Å². The van der Waals surface area contributed by atoms with Gasteiger partial charge in [0.2, 0.25) is 0 Å². The van der Waals surface area contributed by atoms with Crippen LogP contribution in [-0.2, 0) is 11.5 Å². The molecule has 0 bridgehead atoms. The zero-order valence-corrected chi connectivity index (χ0v) is 18.5. The number of aromatic nitrogens is 4. The summed E-state index contributed by atoms with van der Waals surface area (Å²) >= 11 is 0. The molecule has 154 valence electrons. The average molecular weight is 413 g/mol. The molecule has 9 heteroatoms. The van der Waals surface area contributed by atoms with Gasteiger partial charge < -0.3 is 24.3 Å². The highest BCUT2D eigenvalue weighted by atomic mass is 28.3. The van der Waals surface area contributed by atoms with Gasteiger partial charge in [-0.25, -0.2) is 4.98 Å². The van der Waals surface area contributed by atoms with E-state index in [0.29, 0.717) is 19.2 Å². The van der Waals surface area contributed by atoms with Gasteiger partial charge in [-0.05, 0) is 24.2 Å². The molecule has 2 aromatic heterocycles. The molecule has 0 fully saturated rings. The minimum absolute atomic E-state index is 0.519. The number of hydrogen-bond acceptors (Lipinski definition) is 7. The first-order chi connectivity index (χ1) is 13.9. The number of likely N-dealkylation sites (N-methyl/N-ethyl adjacent to an activating group) is 1. The zero-order valence-electron chi connectivity index (χ0n) is 17.5. The van der Waals surface area contributed by atoms with E-state index in [1.807, 2.05) is 36.1 Å². The molecule has 0 atom stereocenters. The number of imidazole rings is 1. The number of hydrogen-bond donors (Lipinski definition) is 1. The van der Waals surface area contributed by atoms with Crippen molar-refractivity contribution in [3.8, 4) is 5.75 Å². The number of fused-ring (bicyclic) bond motifs is 2. The van der Waals surface area contributed by atoms with Crippen LogP contribution in [0.2, 0.25) is 25.7 Å². The minimum atomic E-state index is -1.08. The monoisotopic (exact) mass is 412 g/mol. The summed E-state index contributed by atoms with van der Waals surface area (Å²) in [6.07, 6.45) is 3.55. The molecule has 1 aliphatic rings. The van der Waals surface area contributed by atoms with E-state index < -0.39 is 8.07 Å². The van der Waals surface area contributed by atoms with Crippen molar-refractivity contribution in [2.24, 2.45) is 0 Å². The smallest absolute Gasteiger partial charge is 0.197 e. The molecule has 29 heavy (non-hydrogen) atoms. The zero-order chi connectivity index (χ0) is 20.4. The lowest BCUT2D eigenvalue weighted by atomic mass is 10.2. The summed E-state index contributed by atoms with van der Waals surface area (Å²) in [6.45, 7) is 9.85. The van der Waals surface area contributed by atoms with E-state index in [1.54, 1.807) is 6.20 Å². The van der Waals surface area contributed by atoms with Gasteiger partial charge in [-0.2, -0.15) is 5.10 Å². The van der Waals surface area contributed by atoms with E-state index in [2.05, 4.69) is 45.0 Å². The first-order valence-electron chi connectivity index (χ1n) is 9.90. The highest BCUT2D eigenvalue weighted by Crippen LogP contribution is 2.36. The maximum atomic E-state index is 5.86. The Hall–Kier alpha value is -2.65. The third-order valence-electron chi connectivity index (χ3n) is 4.98. The van der Waals surface area contributed by atoms with E-state index in [9.17, 15) is 0 Å². The van der Waals surface area contributed by atoms with E-state index in [1.165, 1.54) is 0 Å². The number of ether oxygens (including phenoxy) is 2. The standard InChI is InChI=1S/C20H28N6O2Si/c1-25-7-8-28-19-18(25)12-22-24-20(19)23-15-5-6-17-16(11-15)21-13-26(17)14-27-9-10-29(2,3)4/h5-6,11-13H,7-10,14H2,1-4H3,(H,23,24). The van der Waals surface area contributed by atoms with Crippen molar-refractivity contribution in [2.45, 2.75) is 32.4 Å². The van der Waals surface area contributed by atoms with Gasteiger partial charge in [-0.3, -0.25) is 0 Å². The second kappa shape index (κ2) is 8.00. The van der Waals surface area contributed by atoms with Gasteiger partial charge in [-0.15, -0.1) is 5.10 Å². The van der Waals surface area contributed by atoms with Crippen LogP contribution in [-0.4, -0.2) is 54.6 Å². The van der Waals surface area contributed by atoms with Crippen LogP contribution in [0.15, 0.2) is 30.7 Å². The molecule has 0 amide bonds. The predicted molar refractivity (Wildman–Crippen MR) is 118 cm³/mol. The Morgan fingerprint density at radius 1 is 1.28 bits per heavy atom. The van der Waals surface area contributed by atoms with E-state index in [4.69, 9.17) is 9.47 Å².